The molecular weight excluding hydrogens is 176 g/mol. The molecule has 0 aromatic heterocycles. The van der Waals surface area contributed by atoms with Gasteiger partial charge in [0.1, 0.15) is 0 Å². The second-order valence-electron chi connectivity index (χ2n) is 3.45. The molecule has 1 aliphatic heterocycles. The molecule has 1 aromatic carbocycles. The van der Waals surface area contributed by atoms with Gasteiger partial charge in [0, 0.05) is 5.71 Å². The molecule has 1 aromatic rings. The third kappa shape index (κ3) is 1.31. The number of carbonyl (C=O) groups excluding carboxylic acids is 1. The number of rotatable bonds is 1. The predicted molar refractivity (Wildman–Crippen MR) is 56.2 cm³/mol. The second-order valence-corrected chi connectivity index (χ2v) is 3.45. The number of carbonyl (C=O) groups is 1. The van der Waals surface area contributed by atoms with E-state index in [1.165, 1.54) is 5.01 Å². The molecular formula is C11H12N2O. The van der Waals surface area contributed by atoms with Crippen LogP contribution in [0.25, 0.3) is 0 Å². The standard InChI is InChI=1S/C11H12N2O/c1-8-9(2)12-13(11(8)14)10-6-4-3-5-7-10/h3-8H,1-2H3/t8-/m1/s1. The van der Waals surface area contributed by atoms with Gasteiger partial charge in [-0.2, -0.15) is 5.10 Å². The van der Waals surface area contributed by atoms with Crippen molar-refractivity contribution in [3.05, 3.63) is 30.3 Å². The first-order valence-electron chi connectivity index (χ1n) is 4.64. The average Bonchev–Trinajstić information content (AvgIpc) is 2.47. The molecule has 0 bridgehead atoms. The van der Waals surface area contributed by atoms with Crippen LogP contribution in [0.3, 0.4) is 0 Å². The minimum absolute atomic E-state index is 0.0497. The van der Waals surface area contributed by atoms with E-state index in [0.29, 0.717) is 0 Å². The van der Waals surface area contributed by atoms with Crippen molar-refractivity contribution in [3.8, 4) is 0 Å². The Hall–Kier alpha value is -1.64. The van der Waals surface area contributed by atoms with E-state index in [-0.39, 0.29) is 11.8 Å². The molecule has 3 nitrogen and oxygen atoms in total. The highest BCUT2D eigenvalue weighted by atomic mass is 16.2. The Morgan fingerprint density at radius 1 is 1.29 bits per heavy atom. The highest BCUT2D eigenvalue weighted by molar-refractivity contribution is 6.14. The van der Waals surface area contributed by atoms with Crippen LogP contribution in [0.4, 0.5) is 5.69 Å². The van der Waals surface area contributed by atoms with Crippen LogP contribution in [0, 0.1) is 5.92 Å². The van der Waals surface area contributed by atoms with Gasteiger partial charge in [0.25, 0.3) is 5.91 Å². The lowest BCUT2D eigenvalue weighted by Gasteiger charge is -2.11. The van der Waals surface area contributed by atoms with Crippen molar-refractivity contribution in [2.75, 3.05) is 5.01 Å². The molecule has 0 saturated carbocycles. The third-order valence-electron chi connectivity index (χ3n) is 2.46. The Morgan fingerprint density at radius 2 is 1.93 bits per heavy atom. The number of hydrogen-bond acceptors (Lipinski definition) is 2. The van der Waals surface area contributed by atoms with Crippen LogP contribution < -0.4 is 5.01 Å². The summed E-state index contributed by atoms with van der Waals surface area (Å²) in [5, 5.41) is 5.69. The van der Waals surface area contributed by atoms with Gasteiger partial charge in [-0.3, -0.25) is 4.79 Å². The Labute approximate surface area is 83.0 Å². The van der Waals surface area contributed by atoms with E-state index >= 15 is 0 Å². The van der Waals surface area contributed by atoms with E-state index in [0.717, 1.165) is 11.4 Å². The number of amides is 1. The highest BCUT2D eigenvalue weighted by Crippen LogP contribution is 2.22. The predicted octanol–water partition coefficient (Wildman–Crippen LogP) is 2.05. The topological polar surface area (TPSA) is 32.7 Å². The normalized spacial score (nSPS) is 21.3. The smallest absolute Gasteiger partial charge is 0.255 e. The minimum atomic E-state index is -0.0878. The highest BCUT2D eigenvalue weighted by Gasteiger charge is 2.30. The van der Waals surface area contributed by atoms with E-state index < -0.39 is 0 Å². The fourth-order valence-corrected chi connectivity index (χ4v) is 1.41. The van der Waals surface area contributed by atoms with Crippen LogP contribution >= 0.6 is 0 Å². The summed E-state index contributed by atoms with van der Waals surface area (Å²) in [6.07, 6.45) is 0. The van der Waals surface area contributed by atoms with Crippen molar-refractivity contribution >= 4 is 17.3 Å². The third-order valence-corrected chi connectivity index (χ3v) is 2.46. The maximum Gasteiger partial charge on any atom is 0.255 e. The number of hydrazone groups is 1. The molecule has 0 saturated heterocycles. The molecule has 0 radical (unpaired) electrons. The van der Waals surface area contributed by atoms with E-state index in [4.69, 9.17) is 0 Å². The molecule has 0 spiro atoms. The monoisotopic (exact) mass is 188 g/mol. The number of hydrogen-bond donors (Lipinski definition) is 0. The number of anilines is 1. The summed E-state index contributed by atoms with van der Waals surface area (Å²) in [5.74, 6) is -0.0380. The van der Waals surface area contributed by atoms with Gasteiger partial charge < -0.3 is 0 Å². The van der Waals surface area contributed by atoms with Crippen LogP contribution in [0.2, 0.25) is 0 Å². The molecule has 1 amide bonds. The minimum Gasteiger partial charge on any atom is -0.272 e. The first-order valence-corrected chi connectivity index (χ1v) is 4.64. The Morgan fingerprint density at radius 3 is 2.43 bits per heavy atom. The van der Waals surface area contributed by atoms with Gasteiger partial charge in [-0.15, -0.1) is 0 Å². The largest absolute Gasteiger partial charge is 0.272 e. The zero-order valence-electron chi connectivity index (χ0n) is 8.27. The van der Waals surface area contributed by atoms with Crippen molar-refractivity contribution in [3.63, 3.8) is 0 Å². The molecule has 1 aliphatic rings. The van der Waals surface area contributed by atoms with E-state index in [1.807, 2.05) is 44.2 Å². The Bertz CT molecular complexity index is 384. The zero-order chi connectivity index (χ0) is 10.1. The van der Waals surface area contributed by atoms with Crippen molar-refractivity contribution in [2.24, 2.45) is 11.0 Å². The van der Waals surface area contributed by atoms with Crippen molar-refractivity contribution < 1.29 is 4.79 Å². The molecule has 3 heteroatoms. The molecule has 0 fully saturated rings. The maximum atomic E-state index is 11.7. The summed E-state index contributed by atoms with van der Waals surface area (Å²) in [4.78, 5) is 11.7. The lowest BCUT2D eigenvalue weighted by Crippen LogP contribution is -2.24. The Balaban J connectivity index is 2.35. The van der Waals surface area contributed by atoms with Crippen LogP contribution in [-0.2, 0) is 4.79 Å². The number of para-hydroxylation sites is 1. The molecule has 2 rings (SSSR count). The number of benzene rings is 1. The van der Waals surface area contributed by atoms with Gasteiger partial charge >= 0.3 is 0 Å². The summed E-state index contributed by atoms with van der Waals surface area (Å²) >= 11 is 0. The quantitative estimate of drug-likeness (QED) is 0.663. The van der Waals surface area contributed by atoms with Crippen LogP contribution in [0.5, 0.6) is 0 Å². The molecule has 0 aliphatic carbocycles. The molecule has 72 valence electrons. The van der Waals surface area contributed by atoms with Crippen LogP contribution in [0.1, 0.15) is 13.8 Å². The molecule has 1 atom stereocenters. The molecule has 14 heavy (non-hydrogen) atoms. The molecule has 0 N–H and O–H groups in total. The van der Waals surface area contributed by atoms with Gasteiger partial charge in [0.15, 0.2) is 0 Å². The molecule has 0 unspecified atom stereocenters. The first kappa shape index (κ1) is 8.94. The lowest BCUT2D eigenvalue weighted by molar-refractivity contribution is -0.119. The van der Waals surface area contributed by atoms with E-state index in [2.05, 4.69) is 5.10 Å². The van der Waals surface area contributed by atoms with Gasteiger partial charge in [0.2, 0.25) is 0 Å². The summed E-state index contributed by atoms with van der Waals surface area (Å²) in [7, 11) is 0. The van der Waals surface area contributed by atoms with E-state index in [9.17, 15) is 4.79 Å². The fraction of sp³-hybridized carbons (Fsp3) is 0.273. The summed E-state index contributed by atoms with van der Waals surface area (Å²) in [6, 6.07) is 9.48. The van der Waals surface area contributed by atoms with Gasteiger partial charge in [0.05, 0.1) is 11.6 Å². The summed E-state index contributed by atoms with van der Waals surface area (Å²) in [6.45, 7) is 3.76. The fourth-order valence-electron chi connectivity index (χ4n) is 1.41. The van der Waals surface area contributed by atoms with Crippen molar-refractivity contribution in [2.45, 2.75) is 13.8 Å². The lowest BCUT2D eigenvalue weighted by atomic mass is 10.1. The first-order chi connectivity index (χ1) is 6.70. The SMILES string of the molecule is CC1=NN(c2ccccc2)C(=O)[C@@H]1C. The number of nitrogens with zero attached hydrogens (tertiary/aromatic N) is 2. The average molecular weight is 188 g/mol. The van der Waals surface area contributed by atoms with Crippen LogP contribution in [-0.4, -0.2) is 11.6 Å². The molecule has 1 heterocycles. The summed E-state index contributed by atoms with van der Waals surface area (Å²) < 4.78 is 0. The summed E-state index contributed by atoms with van der Waals surface area (Å²) in [5.41, 5.74) is 1.71. The Kier molecular flexibility index (Phi) is 2.08. The van der Waals surface area contributed by atoms with Gasteiger partial charge in [-0.05, 0) is 26.0 Å². The van der Waals surface area contributed by atoms with Crippen molar-refractivity contribution in [1.82, 2.24) is 0 Å². The second kappa shape index (κ2) is 3.25. The van der Waals surface area contributed by atoms with E-state index in [1.54, 1.807) is 0 Å². The van der Waals surface area contributed by atoms with Gasteiger partial charge in [-0.1, -0.05) is 18.2 Å². The van der Waals surface area contributed by atoms with Gasteiger partial charge in [-0.25, -0.2) is 5.01 Å². The van der Waals surface area contributed by atoms with Crippen LogP contribution in [0.15, 0.2) is 35.4 Å². The van der Waals surface area contributed by atoms with Crippen molar-refractivity contribution in [1.29, 1.82) is 0 Å². The zero-order valence-corrected chi connectivity index (χ0v) is 8.27. The maximum absolute atomic E-state index is 11.7.